The van der Waals surface area contributed by atoms with Gasteiger partial charge in [0.05, 0.1) is 32.8 Å². The van der Waals surface area contributed by atoms with Crippen molar-refractivity contribution in [3.8, 4) is 0 Å². The Morgan fingerprint density at radius 2 is 1.35 bits per heavy atom. The Kier molecular flexibility index (Phi) is 16.2. The highest BCUT2D eigenvalue weighted by Gasteiger charge is 2.03. The predicted octanol–water partition coefficient (Wildman–Crippen LogP) is 0.0168. The molecule has 0 heterocycles. The SMILES string of the molecule is CNCCCOCCOCCOCCCNC(=O)CCC(=O)O. The molecule has 0 bridgehead atoms. The maximum absolute atomic E-state index is 11.2. The third-order valence-corrected chi connectivity index (χ3v) is 2.81. The van der Waals surface area contributed by atoms with E-state index in [2.05, 4.69) is 10.6 Å². The van der Waals surface area contributed by atoms with E-state index in [1.165, 1.54) is 0 Å². The molecule has 8 nitrogen and oxygen atoms in total. The van der Waals surface area contributed by atoms with Gasteiger partial charge in [0.2, 0.25) is 5.91 Å². The van der Waals surface area contributed by atoms with E-state index in [0.717, 1.165) is 19.6 Å². The van der Waals surface area contributed by atoms with E-state index in [4.69, 9.17) is 19.3 Å². The van der Waals surface area contributed by atoms with E-state index < -0.39 is 5.97 Å². The number of ether oxygens (including phenoxy) is 3. The number of rotatable bonds is 17. The molecule has 0 aliphatic carbocycles. The molecule has 0 rings (SSSR count). The third-order valence-electron chi connectivity index (χ3n) is 2.81. The van der Waals surface area contributed by atoms with Crippen LogP contribution in [0.25, 0.3) is 0 Å². The molecule has 0 aromatic carbocycles. The first-order valence-electron chi connectivity index (χ1n) is 8.03. The highest BCUT2D eigenvalue weighted by atomic mass is 16.5. The fourth-order valence-electron chi connectivity index (χ4n) is 1.60. The largest absolute Gasteiger partial charge is 0.481 e. The summed E-state index contributed by atoms with van der Waals surface area (Å²) in [5.74, 6) is -1.21. The van der Waals surface area contributed by atoms with Crippen LogP contribution in [0.1, 0.15) is 25.7 Å². The number of amides is 1. The number of hydrogen-bond acceptors (Lipinski definition) is 6. The van der Waals surface area contributed by atoms with E-state index in [1.54, 1.807) is 0 Å². The van der Waals surface area contributed by atoms with E-state index >= 15 is 0 Å². The second-order valence-electron chi connectivity index (χ2n) is 4.89. The topological polar surface area (TPSA) is 106 Å². The first kappa shape index (κ1) is 21.8. The number of carbonyl (C=O) groups is 2. The molecule has 1 amide bonds. The Bertz CT molecular complexity index is 302. The highest BCUT2D eigenvalue weighted by molar-refractivity contribution is 5.80. The Morgan fingerprint density at radius 3 is 1.87 bits per heavy atom. The van der Waals surface area contributed by atoms with E-state index in [1.807, 2.05) is 7.05 Å². The van der Waals surface area contributed by atoms with Crippen LogP contribution >= 0.6 is 0 Å². The standard InChI is InChI=1S/C15H30N2O6/c1-16-6-2-8-21-10-12-23-13-11-22-9-3-7-17-14(18)4-5-15(19)20/h16H,2-13H2,1H3,(H,17,18)(H,19,20). The van der Waals surface area contributed by atoms with Crippen LogP contribution in [-0.4, -0.2) is 76.8 Å². The van der Waals surface area contributed by atoms with E-state index in [9.17, 15) is 9.59 Å². The smallest absolute Gasteiger partial charge is 0.303 e. The minimum absolute atomic E-state index is 0.0149. The van der Waals surface area contributed by atoms with Gasteiger partial charge in [0.15, 0.2) is 0 Å². The van der Waals surface area contributed by atoms with Crippen molar-refractivity contribution in [1.82, 2.24) is 10.6 Å². The van der Waals surface area contributed by atoms with Crippen molar-refractivity contribution in [2.45, 2.75) is 25.7 Å². The summed E-state index contributed by atoms with van der Waals surface area (Å²) in [7, 11) is 1.91. The maximum atomic E-state index is 11.2. The van der Waals surface area contributed by atoms with Crippen LogP contribution in [0.4, 0.5) is 0 Å². The fourth-order valence-corrected chi connectivity index (χ4v) is 1.60. The van der Waals surface area contributed by atoms with Gasteiger partial charge in [-0.1, -0.05) is 0 Å². The Balaban J connectivity index is 3.10. The third kappa shape index (κ3) is 18.7. The lowest BCUT2D eigenvalue weighted by molar-refractivity contribution is -0.138. The first-order chi connectivity index (χ1) is 11.2. The molecule has 0 unspecified atom stereocenters. The molecule has 8 heteroatoms. The van der Waals surface area contributed by atoms with Gasteiger partial charge in [-0.05, 0) is 26.4 Å². The Labute approximate surface area is 137 Å². The maximum Gasteiger partial charge on any atom is 0.303 e. The summed E-state index contributed by atoms with van der Waals surface area (Å²) in [4.78, 5) is 21.5. The van der Waals surface area contributed by atoms with Crippen molar-refractivity contribution in [3.05, 3.63) is 0 Å². The summed E-state index contributed by atoms with van der Waals surface area (Å²) in [5, 5.41) is 14.1. The van der Waals surface area contributed by atoms with Crippen molar-refractivity contribution in [1.29, 1.82) is 0 Å². The first-order valence-corrected chi connectivity index (χ1v) is 8.03. The van der Waals surface area contributed by atoms with Gasteiger partial charge in [-0.2, -0.15) is 0 Å². The molecule has 23 heavy (non-hydrogen) atoms. The number of carbonyl (C=O) groups excluding carboxylic acids is 1. The van der Waals surface area contributed by atoms with Crippen LogP contribution in [0.3, 0.4) is 0 Å². The molecule has 0 fully saturated rings. The quantitative estimate of drug-likeness (QED) is 0.322. The van der Waals surface area contributed by atoms with E-state index in [-0.39, 0.29) is 18.7 Å². The molecule has 0 aromatic rings. The van der Waals surface area contributed by atoms with Crippen LogP contribution in [-0.2, 0) is 23.8 Å². The molecule has 0 radical (unpaired) electrons. The summed E-state index contributed by atoms with van der Waals surface area (Å²) >= 11 is 0. The van der Waals surface area contributed by atoms with Gasteiger partial charge >= 0.3 is 5.97 Å². The number of nitrogens with one attached hydrogen (secondary N) is 2. The van der Waals surface area contributed by atoms with Crippen LogP contribution in [0.5, 0.6) is 0 Å². The molecule has 0 aliphatic heterocycles. The highest BCUT2D eigenvalue weighted by Crippen LogP contribution is 1.89. The lowest BCUT2D eigenvalue weighted by atomic mass is 10.3. The van der Waals surface area contributed by atoms with Crippen LogP contribution in [0.15, 0.2) is 0 Å². The Hall–Kier alpha value is -1.22. The number of carboxylic acids is 1. The van der Waals surface area contributed by atoms with Crippen LogP contribution in [0, 0.1) is 0 Å². The number of hydrogen-bond donors (Lipinski definition) is 3. The van der Waals surface area contributed by atoms with Crippen molar-refractivity contribution in [2.24, 2.45) is 0 Å². The molecule has 0 atom stereocenters. The van der Waals surface area contributed by atoms with Crippen molar-refractivity contribution < 1.29 is 28.9 Å². The van der Waals surface area contributed by atoms with E-state index in [0.29, 0.717) is 46.0 Å². The zero-order valence-corrected chi connectivity index (χ0v) is 14.0. The van der Waals surface area contributed by atoms with Gasteiger partial charge in [-0.25, -0.2) is 0 Å². The molecular weight excluding hydrogens is 304 g/mol. The van der Waals surface area contributed by atoms with Gasteiger partial charge in [-0.15, -0.1) is 0 Å². The monoisotopic (exact) mass is 334 g/mol. The van der Waals surface area contributed by atoms with Crippen molar-refractivity contribution >= 4 is 11.9 Å². The zero-order chi connectivity index (χ0) is 17.2. The van der Waals surface area contributed by atoms with Crippen LogP contribution < -0.4 is 10.6 Å². The van der Waals surface area contributed by atoms with Gasteiger partial charge in [0, 0.05) is 26.2 Å². The second kappa shape index (κ2) is 17.1. The molecule has 0 saturated heterocycles. The fraction of sp³-hybridized carbons (Fsp3) is 0.867. The average molecular weight is 334 g/mol. The summed E-state index contributed by atoms with van der Waals surface area (Å²) in [6.07, 6.45) is 1.56. The summed E-state index contributed by atoms with van der Waals surface area (Å²) < 4.78 is 16.1. The second-order valence-corrected chi connectivity index (χ2v) is 4.89. The molecule has 136 valence electrons. The summed E-state index contributed by atoms with van der Waals surface area (Å²) in [5.41, 5.74) is 0. The average Bonchev–Trinajstić information content (AvgIpc) is 2.53. The van der Waals surface area contributed by atoms with Crippen molar-refractivity contribution in [2.75, 3.05) is 59.8 Å². The van der Waals surface area contributed by atoms with Gasteiger partial charge in [0.1, 0.15) is 0 Å². The predicted molar refractivity (Wildman–Crippen MR) is 85.5 cm³/mol. The lowest BCUT2D eigenvalue weighted by Gasteiger charge is -2.07. The molecule has 3 N–H and O–H groups in total. The Morgan fingerprint density at radius 1 is 0.826 bits per heavy atom. The minimum Gasteiger partial charge on any atom is -0.481 e. The normalized spacial score (nSPS) is 10.7. The van der Waals surface area contributed by atoms with Crippen LogP contribution in [0.2, 0.25) is 0 Å². The molecule has 0 spiro atoms. The van der Waals surface area contributed by atoms with Gasteiger partial charge in [-0.3, -0.25) is 9.59 Å². The van der Waals surface area contributed by atoms with Gasteiger partial charge < -0.3 is 30.0 Å². The molecule has 0 aromatic heterocycles. The molecular formula is C15H30N2O6. The number of carboxylic acid groups (broad SMARTS) is 1. The molecule has 0 saturated carbocycles. The lowest BCUT2D eigenvalue weighted by Crippen LogP contribution is -2.25. The molecule has 0 aliphatic rings. The summed E-state index contributed by atoms with van der Waals surface area (Å²) in [6.45, 7) is 4.88. The summed E-state index contributed by atoms with van der Waals surface area (Å²) in [6, 6.07) is 0. The van der Waals surface area contributed by atoms with Gasteiger partial charge in [0.25, 0.3) is 0 Å². The number of aliphatic carboxylic acids is 1. The van der Waals surface area contributed by atoms with Crippen molar-refractivity contribution in [3.63, 3.8) is 0 Å². The zero-order valence-electron chi connectivity index (χ0n) is 14.0. The minimum atomic E-state index is -0.966.